The third-order valence-electron chi connectivity index (χ3n) is 2.68. The third-order valence-corrected chi connectivity index (χ3v) is 3.53. The lowest BCUT2D eigenvalue weighted by Gasteiger charge is -2.20. The Morgan fingerprint density at radius 1 is 1.25 bits per heavy atom. The molecule has 0 bridgehead atoms. The lowest BCUT2D eigenvalue weighted by atomic mass is 9.93. The van der Waals surface area contributed by atoms with Crippen LogP contribution in [0.5, 0.6) is 0 Å². The first-order valence-corrected chi connectivity index (χ1v) is 6.60. The fraction of sp³-hybridized carbons (Fsp3) is 0.154. The number of thiocarbonyl (C=S) groups is 1. The van der Waals surface area contributed by atoms with Crippen LogP contribution in [-0.4, -0.2) is 16.9 Å². The first kappa shape index (κ1) is 14.9. The van der Waals surface area contributed by atoms with Crippen LogP contribution in [0, 0.1) is 17.2 Å². The van der Waals surface area contributed by atoms with Crippen LogP contribution in [-0.2, 0) is 0 Å². The highest BCUT2D eigenvalue weighted by molar-refractivity contribution is 9.10. The van der Waals surface area contributed by atoms with Gasteiger partial charge in [0.05, 0.1) is 17.4 Å². The number of benzene rings is 1. The maximum absolute atomic E-state index is 13.0. The topological polar surface area (TPSA) is 36.1 Å². The van der Waals surface area contributed by atoms with Crippen molar-refractivity contribution in [1.82, 2.24) is 0 Å². The molecule has 2 nitrogen and oxygen atoms in total. The molecule has 1 aliphatic rings. The fourth-order valence-corrected chi connectivity index (χ4v) is 2.26. The Morgan fingerprint density at radius 2 is 1.85 bits per heavy atom. The minimum Gasteiger partial charge on any atom is -0.239 e. The zero-order chi connectivity index (χ0) is 14.9. The van der Waals surface area contributed by atoms with E-state index in [0.29, 0.717) is 5.56 Å². The van der Waals surface area contributed by atoms with E-state index in [1.165, 1.54) is 0 Å². The molecule has 1 aliphatic heterocycles. The van der Waals surface area contributed by atoms with E-state index in [1.807, 2.05) is 0 Å². The summed E-state index contributed by atoms with van der Waals surface area (Å²) in [5.74, 6) is -1.52. The van der Waals surface area contributed by atoms with E-state index >= 15 is 0 Å². The number of alkyl halides is 3. The summed E-state index contributed by atoms with van der Waals surface area (Å²) in [6, 6.07) is 8.19. The van der Waals surface area contributed by atoms with E-state index in [0.717, 1.165) is 10.5 Å². The molecule has 2 rings (SSSR count). The van der Waals surface area contributed by atoms with Gasteiger partial charge in [0.15, 0.2) is 0 Å². The smallest absolute Gasteiger partial charge is 0.239 e. The van der Waals surface area contributed by atoms with Crippen molar-refractivity contribution in [3.63, 3.8) is 0 Å². The summed E-state index contributed by atoms with van der Waals surface area (Å²) < 4.78 is 39.7. The van der Waals surface area contributed by atoms with Crippen molar-refractivity contribution in [2.75, 3.05) is 0 Å². The molecule has 0 radical (unpaired) electrons. The molecule has 1 unspecified atom stereocenters. The SMILES string of the molecule is N#CC1C(=S)N=C(c2ccc(Br)cc2)C=C1C(F)(F)F. The van der Waals surface area contributed by atoms with E-state index in [9.17, 15) is 13.2 Å². The Labute approximate surface area is 126 Å². The molecule has 102 valence electrons. The quantitative estimate of drug-likeness (QED) is 0.705. The molecule has 0 spiro atoms. The van der Waals surface area contributed by atoms with Crippen molar-refractivity contribution in [2.24, 2.45) is 10.9 Å². The molecule has 1 heterocycles. The predicted octanol–water partition coefficient (Wildman–Crippen LogP) is 4.21. The van der Waals surface area contributed by atoms with Crippen molar-refractivity contribution in [3.8, 4) is 6.07 Å². The lowest BCUT2D eigenvalue weighted by molar-refractivity contribution is -0.0947. The highest BCUT2D eigenvalue weighted by Gasteiger charge is 2.42. The number of hydrogen-bond donors (Lipinski definition) is 0. The highest BCUT2D eigenvalue weighted by Crippen LogP contribution is 2.35. The second-order valence-corrected chi connectivity index (χ2v) is 5.34. The average molecular weight is 359 g/mol. The zero-order valence-corrected chi connectivity index (χ0v) is 12.2. The van der Waals surface area contributed by atoms with E-state index in [1.54, 1.807) is 30.3 Å². The van der Waals surface area contributed by atoms with Gasteiger partial charge >= 0.3 is 6.18 Å². The van der Waals surface area contributed by atoms with Gasteiger partial charge in [-0.05, 0) is 18.2 Å². The number of halogens is 4. The molecule has 1 atom stereocenters. The van der Waals surface area contributed by atoms with Gasteiger partial charge in [0, 0.05) is 10.0 Å². The first-order chi connectivity index (χ1) is 9.32. The Bertz CT molecular complexity index is 654. The standard InChI is InChI=1S/C13H6BrF3N2S/c14-8-3-1-7(2-4-8)11-5-10(13(15,16)17)9(6-18)12(20)19-11/h1-5,9H. The number of allylic oxidation sites excluding steroid dienone is 1. The molecule has 20 heavy (non-hydrogen) atoms. The average Bonchev–Trinajstić information content (AvgIpc) is 2.37. The number of dihydropyridines is 1. The third kappa shape index (κ3) is 2.97. The molecule has 0 saturated heterocycles. The van der Waals surface area contributed by atoms with Crippen LogP contribution in [0.1, 0.15) is 5.56 Å². The highest BCUT2D eigenvalue weighted by atomic mass is 79.9. The number of aliphatic imine (C=N–C) groups is 1. The van der Waals surface area contributed by atoms with Crippen LogP contribution in [0.4, 0.5) is 13.2 Å². The van der Waals surface area contributed by atoms with Crippen LogP contribution in [0.3, 0.4) is 0 Å². The maximum Gasteiger partial charge on any atom is 0.414 e. The molecular weight excluding hydrogens is 353 g/mol. The summed E-state index contributed by atoms with van der Waals surface area (Å²) in [5, 5.41) is 8.83. The van der Waals surface area contributed by atoms with E-state index in [-0.39, 0.29) is 10.7 Å². The van der Waals surface area contributed by atoms with Gasteiger partial charge in [-0.2, -0.15) is 18.4 Å². The molecule has 0 amide bonds. The number of hydrogen-bond acceptors (Lipinski definition) is 2. The van der Waals surface area contributed by atoms with Gasteiger partial charge in [0.1, 0.15) is 10.9 Å². The van der Waals surface area contributed by atoms with Crippen molar-refractivity contribution < 1.29 is 13.2 Å². The van der Waals surface area contributed by atoms with Gasteiger partial charge in [-0.15, -0.1) is 0 Å². The minimum atomic E-state index is -4.61. The maximum atomic E-state index is 13.0. The van der Waals surface area contributed by atoms with Crippen molar-refractivity contribution >= 4 is 38.8 Å². The van der Waals surface area contributed by atoms with E-state index < -0.39 is 17.7 Å². The van der Waals surface area contributed by atoms with Gasteiger partial charge in [0.25, 0.3) is 0 Å². The molecule has 0 aromatic heterocycles. The summed E-state index contributed by atoms with van der Waals surface area (Å²) >= 11 is 8.06. The van der Waals surface area contributed by atoms with Gasteiger partial charge in [-0.1, -0.05) is 40.3 Å². The summed E-state index contributed by atoms with van der Waals surface area (Å²) in [4.78, 5) is 3.67. The summed E-state index contributed by atoms with van der Waals surface area (Å²) in [6.07, 6.45) is -3.73. The summed E-state index contributed by atoms with van der Waals surface area (Å²) in [7, 11) is 0. The van der Waals surface area contributed by atoms with Crippen molar-refractivity contribution in [3.05, 3.63) is 46.0 Å². The van der Waals surface area contributed by atoms with E-state index in [4.69, 9.17) is 17.5 Å². The Morgan fingerprint density at radius 3 is 2.35 bits per heavy atom. The van der Waals surface area contributed by atoms with Gasteiger partial charge in [-0.25, -0.2) is 4.99 Å². The normalized spacial score (nSPS) is 19.1. The molecular formula is C13H6BrF3N2S. The zero-order valence-electron chi connectivity index (χ0n) is 9.78. The van der Waals surface area contributed by atoms with Crippen LogP contribution >= 0.6 is 28.1 Å². The van der Waals surface area contributed by atoms with Crippen molar-refractivity contribution in [1.29, 1.82) is 5.26 Å². The Kier molecular flexibility index (Phi) is 4.06. The first-order valence-electron chi connectivity index (χ1n) is 5.40. The number of nitrogens with zero attached hydrogens (tertiary/aromatic N) is 2. The molecule has 0 aliphatic carbocycles. The second kappa shape index (κ2) is 5.46. The predicted molar refractivity (Wildman–Crippen MR) is 76.5 cm³/mol. The molecule has 7 heteroatoms. The largest absolute Gasteiger partial charge is 0.414 e. The second-order valence-electron chi connectivity index (χ2n) is 4.00. The van der Waals surface area contributed by atoms with Crippen LogP contribution in [0.15, 0.2) is 45.4 Å². The van der Waals surface area contributed by atoms with Gasteiger partial charge in [0.2, 0.25) is 0 Å². The summed E-state index contributed by atoms with van der Waals surface area (Å²) in [5.41, 5.74) is -0.354. The molecule has 0 fully saturated rings. The van der Waals surface area contributed by atoms with Gasteiger partial charge < -0.3 is 0 Å². The van der Waals surface area contributed by atoms with Crippen LogP contribution in [0.2, 0.25) is 0 Å². The summed E-state index contributed by atoms with van der Waals surface area (Å²) in [6.45, 7) is 0. The lowest BCUT2D eigenvalue weighted by Crippen LogP contribution is -2.28. The monoisotopic (exact) mass is 358 g/mol. The number of rotatable bonds is 1. The van der Waals surface area contributed by atoms with Crippen molar-refractivity contribution in [2.45, 2.75) is 6.18 Å². The van der Waals surface area contributed by atoms with Crippen LogP contribution < -0.4 is 0 Å². The molecule has 0 N–H and O–H groups in total. The van der Waals surface area contributed by atoms with Crippen LogP contribution in [0.25, 0.3) is 0 Å². The minimum absolute atomic E-state index is 0.112. The van der Waals surface area contributed by atoms with E-state index in [2.05, 4.69) is 20.9 Å². The Hall–Kier alpha value is -1.52. The Balaban J connectivity index is 2.51. The fourth-order valence-electron chi connectivity index (χ4n) is 1.72. The number of nitriles is 1. The molecule has 1 aromatic carbocycles. The van der Waals surface area contributed by atoms with Gasteiger partial charge in [-0.3, -0.25) is 0 Å². The molecule has 1 aromatic rings. The molecule has 0 saturated carbocycles.